The van der Waals surface area contributed by atoms with Crippen LogP contribution in [0.3, 0.4) is 0 Å². The van der Waals surface area contributed by atoms with Gasteiger partial charge in [0.05, 0.1) is 17.5 Å². The fourth-order valence-corrected chi connectivity index (χ4v) is 3.84. The maximum atomic E-state index is 13.1. The number of nitrogens with zero attached hydrogens (tertiary/aromatic N) is 1. The molecule has 2 amide bonds. The number of rotatable bonds is 8. The van der Waals surface area contributed by atoms with Gasteiger partial charge in [-0.3, -0.25) is 19.2 Å². The van der Waals surface area contributed by atoms with E-state index < -0.39 is 60.5 Å². The van der Waals surface area contributed by atoms with Crippen LogP contribution in [-0.4, -0.2) is 58.9 Å². The Balaban J connectivity index is 1.79. The molecule has 2 aromatic rings. The van der Waals surface area contributed by atoms with Crippen LogP contribution in [0.25, 0.3) is 11.3 Å². The summed E-state index contributed by atoms with van der Waals surface area (Å²) in [5.74, 6) is -3.91. The Morgan fingerprint density at radius 2 is 1.91 bits per heavy atom. The van der Waals surface area contributed by atoms with Gasteiger partial charge in [0.25, 0.3) is 5.91 Å². The summed E-state index contributed by atoms with van der Waals surface area (Å²) in [5.41, 5.74) is -0.780. The Bertz CT molecular complexity index is 1110. The van der Waals surface area contributed by atoms with Crippen molar-refractivity contribution in [1.29, 1.82) is 0 Å². The number of aliphatic carboxylic acids is 1. The third-order valence-corrected chi connectivity index (χ3v) is 5.60. The van der Waals surface area contributed by atoms with Crippen LogP contribution in [0.15, 0.2) is 41.0 Å². The van der Waals surface area contributed by atoms with Gasteiger partial charge in [-0.05, 0) is 37.5 Å². The predicted octanol–water partition coefficient (Wildman–Crippen LogP) is 3.46. The van der Waals surface area contributed by atoms with Crippen molar-refractivity contribution in [2.45, 2.75) is 43.9 Å². The van der Waals surface area contributed by atoms with Gasteiger partial charge < -0.3 is 19.7 Å². The van der Waals surface area contributed by atoms with Gasteiger partial charge in [-0.1, -0.05) is 12.1 Å². The van der Waals surface area contributed by atoms with Crippen LogP contribution in [0, 0.1) is 0 Å². The Morgan fingerprint density at radius 1 is 1.17 bits per heavy atom. The molecule has 8 nitrogen and oxygen atoms in total. The van der Waals surface area contributed by atoms with Crippen molar-refractivity contribution in [3.63, 3.8) is 0 Å². The average Bonchev–Trinajstić information content (AvgIpc) is 3.32. The van der Waals surface area contributed by atoms with E-state index in [4.69, 9.17) is 9.52 Å². The number of carboxylic acids is 1. The fraction of sp³-hybridized carbons (Fsp3) is 0.391. The molecule has 0 bridgehead atoms. The van der Waals surface area contributed by atoms with Crippen LogP contribution >= 0.6 is 0 Å². The lowest BCUT2D eigenvalue weighted by molar-refractivity contribution is -0.141. The molecule has 0 spiro atoms. The Hall–Kier alpha value is -3.70. The monoisotopic (exact) mass is 498 g/mol. The maximum Gasteiger partial charge on any atom is 0.416 e. The number of likely N-dealkylation sites (tertiary alicyclic amines) is 1. The van der Waals surface area contributed by atoms with E-state index in [1.807, 2.05) is 0 Å². The molecule has 2 heterocycles. The average molecular weight is 498 g/mol. The highest BCUT2D eigenvalue weighted by Gasteiger charge is 2.36. The quantitative estimate of drug-likeness (QED) is 0.539. The number of ketones is 1. The smallest absolute Gasteiger partial charge is 0.416 e. The van der Waals surface area contributed by atoms with Gasteiger partial charge >= 0.3 is 12.1 Å². The third kappa shape index (κ3) is 6.25. The third-order valence-electron chi connectivity index (χ3n) is 5.60. The predicted molar refractivity (Wildman–Crippen MR) is 113 cm³/mol. The second kappa shape index (κ2) is 10.7. The van der Waals surface area contributed by atoms with Crippen molar-refractivity contribution in [3.8, 4) is 11.3 Å². The highest BCUT2D eigenvalue weighted by atomic mass is 19.4. The molecule has 0 aliphatic carbocycles. The zero-order valence-electron chi connectivity index (χ0n) is 18.3. The van der Waals surface area contributed by atoms with Gasteiger partial charge in [0.2, 0.25) is 5.91 Å². The molecule has 1 aliphatic rings. The number of furan rings is 1. The highest BCUT2D eigenvalue weighted by molar-refractivity contribution is 5.99. The van der Waals surface area contributed by atoms with Crippen molar-refractivity contribution in [1.82, 2.24) is 10.2 Å². The molecule has 1 aromatic carbocycles. The number of halogens is 4. The van der Waals surface area contributed by atoms with Crippen molar-refractivity contribution < 1.29 is 46.3 Å². The normalized spacial score (nSPS) is 17.0. The van der Waals surface area contributed by atoms with E-state index in [2.05, 4.69) is 5.32 Å². The zero-order chi connectivity index (χ0) is 25.8. The molecule has 12 heteroatoms. The Kier molecular flexibility index (Phi) is 7.92. The van der Waals surface area contributed by atoms with Gasteiger partial charge in [0.15, 0.2) is 5.78 Å². The van der Waals surface area contributed by atoms with Crippen LogP contribution in [0.1, 0.15) is 41.6 Å². The molecular formula is C23H22F4N2O6. The fourth-order valence-electron chi connectivity index (χ4n) is 3.84. The first-order valence-electron chi connectivity index (χ1n) is 10.7. The second-order valence-corrected chi connectivity index (χ2v) is 8.05. The molecule has 3 rings (SSSR count). The van der Waals surface area contributed by atoms with Gasteiger partial charge in [-0.2, -0.15) is 13.2 Å². The topological polar surface area (TPSA) is 117 Å². The maximum absolute atomic E-state index is 13.1. The summed E-state index contributed by atoms with van der Waals surface area (Å²) in [6, 6.07) is 3.03. The van der Waals surface area contributed by atoms with E-state index >= 15 is 0 Å². The molecule has 1 saturated heterocycles. The zero-order valence-corrected chi connectivity index (χ0v) is 18.3. The summed E-state index contributed by atoms with van der Waals surface area (Å²) in [5, 5.41) is 11.2. The number of carbonyl (C=O) groups is 4. The highest BCUT2D eigenvalue weighted by Crippen LogP contribution is 2.33. The van der Waals surface area contributed by atoms with Crippen molar-refractivity contribution >= 4 is 23.6 Å². The number of alkyl halides is 4. The molecule has 1 aromatic heterocycles. The molecule has 2 unspecified atom stereocenters. The van der Waals surface area contributed by atoms with E-state index in [1.165, 1.54) is 23.1 Å². The van der Waals surface area contributed by atoms with E-state index in [1.54, 1.807) is 0 Å². The van der Waals surface area contributed by atoms with E-state index in [0.29, 0.717) is 12.8 Å². The van der Waals surface area contributed by atoms with E-state index in [9.17, 15) is 36.7 Å². The van der Waals surface area contributed by atoms with Crippen molar-refractivity contribution in [2.24, 2.45) is 0 Å². The van der Waals surface area contributed by atoms with Crippen LogP contribution in [0.5, 0.6) is 0 Å². The summed E-state index contributed by atoms with van der Waals surface area (Å²) in [6.07, 6.45) is -2.94. The first-order chi connectivity index (χ1) is 16.5. The second-order valence-electron chi connectivity index (χ2n) is 8.05. The van der Waals surface area contributed by atoms with Gasteiger partial charge in [-0.15, -0.1) is 0 Å². The molecule has 0 saturated carbocycles. The number of benzene rings is 1. The van der Waals surface area contributed by atoms with Crippen molar-refractivity contribution in [2.75, 3.05) is 13.2 Å². The molecule has 188 valence electrons. The minimum atomic E-state index is -4.56. The first-order valence-corrected chi connectivity index (χ1v) is 10.7. The number of Topliss-reactive ketones (excluding diaryl/α,β-unsaturated/α-hetero) is 1. The largest absolute Gasteiger partial charge is 0.481 e. The molecular weight excluding hydrogens is 476 g/mol. The lowest BCUT2D eigenvalue weighted by Gasteiger charge is -2.35. The number of piperidine rings is 1. The number of carbonyl (C=O) groups excluding carboxylic acids is 3. The molecule has 0 radical (unpaired) electrons. The number of nitrogens with one attached hydrogen (secondary N) is 1. The number of hydrogen-bond donors (Lipinski definition) is 2. The van der Waals surface area contributed by atoms with E-state index in [-0.39, 0.29) is 29.9 Å². The van der Waals surface area contributed by atoms with Gasteiger partial charge in [0, 0.05) is 12.1 Å². The molecule has 1 aliphatic heterocycles. The minimum absolute atomic E-state index is 0.000896. The summed E-state index contributed by atoms with van der Waals surface area (Å²) < 4.78 is 57.1. The van der Waals surface area contributed by atoms with Gasteiger partial charge in [-0.25, -0.2) is 4.39 Å². The lowest BCUT2D eigenvalue weighted by atomic mass is 9.99. The number of hydrogen-bond acceptors (Lipinski definition) is 5. The SMILES string of the molecule is O=C(O)CC(NC(=O)C1CCCCN1C(=O)c1coc(-c2cccc(C(F)(F)F)c2)c1)C(=O)CF. The summed E-state index contributed by atoms with van der Waals surface area (Å²) in [7, 11) is 0. The standard InChI is InChI=1S/C23H22F4N2O6/c24-11-18(30)16(10-20(31)32)28-21(33)17-6-1-2-7-29(17)22(34)14-9-19(35-12-14)13-4-3-5-15(8-13)23(25,26)27/h3-5,8-9,12,16-17H,1-2,6-7,10-11H2,(H,28,33)(H,31,32). The summed E-state index contributed by atoms with van der Waals surface area (Å²) >= 11 is 0. The molecule has 1 fully saturated rings. The van der Waals surface area contributed by atoms with Gasteiger partial charge in [0.1, 0.15) is 30.8 Å². The lowest BCUT2D eigenvalue weighted by Crippen LogP contribution is -2.55. The number of carboxylic acid groups (broad SMARTS) is 1. The van der Waals surface area contributed by atoms with E-state index in [0.717, 1.165) is 18.4 Å². The van der Waals surface area contributed by atoms with Crippen LogP contribution in [-0.2, 0) is 20.6 Å². The minimum Gasteiger partial charge on any atom is -0.481 e. The summed E-state index contributed by atoms with van der Waals surface area (Å²) in [6.45, 7) is -1.29. The Morgan fingerprint density at radius 3 is 2.57 bits per heavy atom. The van der Waals surface area contributed by atoms with Crippen molar-refractivity contribution in [3.05, 3.63) is 47.7 Å². The Labute approximate surface area is 196 Å². The molecule has 2 atom stereocenters. The molecule has 2 N–H and O–H groups in total. The molecule has 35 heavy (non-hydrogen) atoms. The van der Waals surface area contributed by atoms with Crippen LogP contribution in [0.2, 0.25) is 0 Å². The first kappa shape index (κ1) is 25.9. The van der Waals surface area contributed by atoms with Crippen LogP contribution in [0.4, 0.5) is 17.6 Å². The number of amides is 2. The van der Waals surface area contributed by atoms with Crippen LogP contribution < -0.4 is 5.32 Å². The summed E-state index contributed by atoms with van der Waals surface area (Å²) in [4.78, 5) is 49.8.